The summed E-state index contributed by atoms with van der Waals surface area (Å²) in [6.07, 6.45) is 1.30. The van der Waals surface area contributed by atoms with Crippen molar-refractivity contribution in [3.63, 3.8) is 0 Å². The topological polar surface area (TPSA) is 58.2 Å². The van der Waals surface area contributed by atoms with Crippen LogP contribution >= 0.6 is 0 Å². The molecule has 0 radical (unpaired) electrons. The minimum atomic E-state index is -0.404. The third-order valence-electron chi connectivity index (χ3n) is 4.11. The molecule has 5 heteroatoms. The maximum absolute atomic E-state index is 13.1. The molecule has 0 spiro atoms. The van der Waals surface area contributed by atoms with E-state index in [4.69, 9.17) is 0 Å². The van der Waals surface area contributed by atoms with Gasteiger partial charge in [-0.2, -0.15) is 0 Å². The molecule has 124 valence electrons. The molecule has 0 aliphatic heterocycles. The molecule has 0 bridgehead atoms. The van der Waals surface area contributed by atoms with Crippen LogP contribution in [0.1, 0.15) is 12.0 Å². The van der Waals surface area contributed by atoms with Crippen molar-refractivity contribution in [2.75, 3.05) is 11.9 Å². The summed E-state index contributed by atoms with van der Waals surface area (Å²) in [5.41, 5.74) is 1.57. The normalized spacial score (nSPS) is 18.7. The number of halogens is 1. The monoisotopic (exact) mass is 326 g/mol. The zero-order valence-corrected chi connectivity index (χ0v) is 13.2. The summed E-state index contributed by atoms with van der Waals surface area (Å²) in [5, 5.41) is 5.52. The summed E-state index contributed by atoms with van der Waals surface area (Å²) in [6, 6.07) is 15.6. The number of hydrogen-bond acceptors (Lipinski definition) is 2. The van der Waals surface area contributed by atoms with E-state index in [1.54, 1.807) is 6.07 Å². The van der Waals surface area contributed by atoms with E-state index in [2.05, 4.69) is 10.6 Å². The lowest BCUT2D eigenvalue weighted by Crippen LogP contribution is -2.29. The van der Waals surface area contributed by atoms with Gasteiger partial charge in [0.1, 0.15) is 5.82 Å². The molecule has 1 aliphatic rings. The van der Waals surface area contributed by atoms with Gasteiger partial charge in [-0.25, -0.2) is 4.39 Å². The van der Waals surface area contributed by atoms with Crippen LogP contribution in [0.25, 0.3) is 0 Å². The zero-order valence-electron chi connectivity index (χ0n) is 13.2. The molecule has 0 heterocycles. The summed E-state index contributed by atoms with van der Waals surface area (Å²) >= 11 is 0. The lowest BCUT2D eigenvalue weighted by Gasteiger charge is -2.06. The van der Waals surface area contributed by atoms with Crippen LogP contribution in [0.3, 0.4) is 0 Å². The molecule has 1 aliphatic carbocycles. The Morgan fingerprint density at radius 3 is 2.50 bits per heavy atom. The first kappa shape index (κ1) is 16.2. The van der Waals surface area contributed by atoms with Crippen molar-refractivity contribution < 1.29 is 14.0 Å². The lowest BCUT2D eigenvalue weighted by atomic mass is 10.1. The third-order valence-corrected chi connectivity index (χ3v) is 4.11. The molecule has 2 atom stereocenters. The summed E-state index contributed by atoms with van der Waals surface area (Å²) < 4.78 is 13.1. The molecule has 2 N–H and O–H groups in total. The Bertz CT molecular complexity index is 733. The first-order valence-corrected chi connectivity index (χ1v) is 8.01. The standard InChI is InChI=1S/C19H19FN2O2/c20-14-7-4-8-15(11-14)22-19(24)17-12-16(17)18(23)21-10-9-13-5-2-1-3-6-13/h1-8,11,16-17H,9-10,12H2,(H,21,23)(H,22,24). The number of carbonyl (C=O) groups is 2. The second kappa shape index (κ2) is 7.25. The van der Waals surface area contributed by atoms with Crippen molar-refractivity contribution >= 4 is 17.5 Å². The predicted octanol–water partition coefficient (Wildman–Crippen LogP) is 2.76. The van der Waals surface area contributed by atoms with Crippen molar-refractivity contribution in [1.29, 1.82) is 0 Å². The summed E-state index contributed by atoms with van der Waals surface area (Å²) in [7, 11) is 0. The smallest absolute Gasteiger partial charge is 0.228 e. The van der Waals surface area contributed by atoms with Gasteiger partial charge in [-0.1, -0.05) is 36.4 Å². The Labute approximate surface area is 140 Å². The van der Waals surface area contributed by atoms with Crippen LogP contribution in [0.4, 0.5) is 10.1 Å². The van der Waals surface area contributed by atoms with E-state index in [0.29, 0.717) is 18.7 Å². The van der Waals surface area contributed by atoms with Crippen LogP contribution in [-0.4, -0.2) is 18.4 Å². The minimum absolute atomic E-state index is 0.0923. The predicted molar refractivity (Wildman–Crippen MR) is 89.8 cm³/mol. The Morgan fingerprint density at radius 2 is 1.75 bits per heavy atom. The quantitative estimate of drug-likeness (QED) is 0.857. The second-order valence-corrected chi connectivity index (χ2v) is 5.97. The molecule has 2 unspecified atom stereocenters. The van der Waals surface area contributed by atoms with Crippen molar-refractivity contribution in [3.8, 4) is 0 Å². The fourth-order valence-electron chi connectivity index (χ4n) is 2.68. The number of nitrogens with one attached hydrogen (secondary N) is 2. The van der Waals surface area contributed by atoms with E-state index >= 15 is 0 Å². The number of hydrogen-bond donors (Lipinski definition) is 2. The highest BCUT2D eigenvalue weighted by Crippen LogP contribution is 2.39. The first-order valence-electron chi connectivity index (χ1n) is 8.01. The third kappa shape index (κ3) is 4.19. The highest BCUT2D eigenvalue weighted by molar-refractivity contribution is 5.99. The molecule has 2 aromatic carbocycles. The van der Waals surface area contributed by atoms with Crippen molar-refractivity contribution in [1.82, 2.24) is 5.32 Å². The Hall–Kier alpha value is -2.69. The van der Waals surface area contributed by atoms with Crippen LogP contribution < -0.4 is 10.6 Å². The van der Waals surface area contributed by atoms with Crippen LogP contribution in [0.5, 0.6) is 0 Å². The largest absolute Gasteiger partial charge is 0.356 e. The van der Waals surface area contributed by atoms with E-state index in [0.717, 1.165) is 12.0 Å². The first-order chi connectivity index (χ1) is 11.6. The maximum atomic E-state index is 13.1. The average Bonchev–Trinajstić information content (AvgIpc) is 3.37. The fraction of sp³-hybridized carbons (Fsp3) is 0.263. The van der Waals surface area contributed by atoms with E-state index in [-0.39, 0.29) is 23.7 Å². The highest BCUT2D eigenvalue weighted by Gasteiger charge is 2.47. The van der Waals surface area contributed by atoms with Crippen molar-refractivity contribution in [3.05, 3.63) is 66.0 Å². The fourth-order valence-corrected chi connectivity index (χ4v) is 2.68. The van der Waals surface area contributed by atoms with Gasteiger partial charge in [0, 0.05) is 12.2 Å². The zero-order chi connectivity index (χ0) is 16.9. The van der Waals surface area contributed by atoms with Crippen LogP contribution in [0.2, 0.25) is 0 Å². The van der Waals surface area contributed by atoms with Gasteiger partial charge in [0.05, 0.1) is 11.8 Å². The molecular weight excluding hydrogens is 307 g/mol. The summed E-state index contributed by atoms with van der Waals surface area (Å²) in [5.74, 6) is -1.34. The second-order valence-electron chi connectivity index (χ2n) is 5.97. The number of anilines is 1. The summed E-state index contributed by atoms with van der Waals surface area (Å²) in [4.78, 5) is 24.1. The molecule has 1 saturated carbocycles. The number of carbonyl (C=O) groups excluding carboxylic acids is 2. The van der Waals surface area contributed by atoms with Gasteiger partial charge >= 0.3 is 0 Å². The molecule has 2 aromatic rings. The number of rotatable bonds is 6. The average molecular weight is 326 g/mol. The van der Waals surface area contributed by atoms with E-state index in [1.165, 1.54) is 18.2 Å². The van der Waals surface area contributed by atoms with Gasteiger partial charge in [0.25, 0.3) is 0 Å². The van der Waals surface area contributed by atoms with Gasteiger partial charge < -0.3 is 10.6 Å². The van der Waals surface area contributed by atoms with Crippen molar-refractivity contribution in [2.24, 2.45) is 11.8 Å². The molecule has 1 fully saturated rings. The van der Waals surface area contributed by atoms with Gasteiger partial charge in [0.15, 0.2) is 0 Å². The minimum Gasteiger partial charge on any atom is -0.356 e. The van der Waals surface area contributed by atoms with Crippen LogP contribution in [-0.2, 0) is 16.0 Å². The van der Waals surface area contributed by atoms with Gasteiger partial charge in [-0.15, -0.1) is 0 Å². The molecule has 4 nitrogen and oxygen atoms in total. The molecular formula is C19H19FN2O2. The number of benzene rings is 2. The number of amides is 2. The lowest BCUT2D eigenvalue weighted by molar-refractivity contribution is -0.125. The highest BCUT2D eigenvalue weighted by atomic mass is 19.1. The van der Waals surface area contributed by atoms with E-state index < -0.39 is 5.82 Å². The Kier molecular flexibility index (Phi) is 4.89. The Morgan fingerprint density at radius 1 is 1.00 bits per heavy atom. The van der Waals surface area contributed by atoms with Gasteiger partial charge in [-0.3, -0.25) is 9.59 Å². The van der Waals surface area contributed by atoms with Gasteiger partial charge in [0.2, 0.25) is 11.8 Å². The maximum Gasteiger partial charge on any atom is 0.228 e. The molecule has 0 aromatic heterocycles. The molecule has 0 saturated heterocycles. The van der Waals surface area contributed by atoms with Crippen LogP contribution in [0, 0.1) is 17.7 Å². The summed E-state index contributed by atoms with van der Waals surface area (Å²) in [6.45, 7) is 0.553. The Balaban J connectivity index is 1.42. The van der Waals surface area contributed by atoms with Gasteiger partial charge in [-0.05, 0) is 36.6 Å². The SMILES string of the molecule is O=C(NCCc1ccccc1)C1CC1C(=O)Nc1cccc(F)c1. The molecule has 2 amide bonds. The molecule has 3 rings (SSSR count). The van der Waals surface area contributed by atoms with Crippen molar-refractivity contribution in [2.45, 2.75) is 12.8 Å². The molecule has 24 heavy (non-hydrogen) atoms. The van der Waals surface area contributed by atoms with E-state index in [9.17, 15) is 14.0 Å². The van der Waals surface area contributed by atoms with E-state index in [1.807, 2.05) is 30.3 Å². The van der Waals surface area contributed by atoms with Crippen LogP contribution in [0.15, 0.2) is 54.6 Å².